The summed E-state index contributed by atoms with van der Waals surface area (Å²) in [5.41, 5.74) is 2.16. The SMILES string of the molecule is Cc1cccc2c1CC(C(=O)OC(C)(C)C)C2=O. The van der Waals surface area contributed by atoms with Crippen molar-refractivity contribution in [3.63, 3.8) is 0 Å². The molecule has 0 saturated heterocycles. The molecule has 0 saturated carbocycles. The summed E-state index contributed by atoms with van der Waals surface area (Å²) in [5, 5.41) is 0. The van der Waals surface area contributed by atoms with E-state index in [4.69, 9.17) is 4.74 Å². The highest BCUT2D eigenvalue weighted by Gasteiger charge is 2.38. The third-order valence-corrected chi connectivity index (χ3v) is 3.09. The number of hydrogen-bond acceptors (Lipinski definition) is 3. The zero-order valence-electron chi connectivity index (χ0n) is 11.2. The minimum Gasteiger partial charge on any atom is -0.459 e. The molecule has 0 aliphatic heterocycles. The molecule has 0 aromatic heterocycles. The molecule has 0 amide bonds. The van der Waals surface area contributed by atoms with Gasteiger partial charge in [-0.05, 0) is 45.2 Å². The third kappa shape index (κ3) is 2.30. The number of ketones is 1. The highest BCUT2D eigenvalue weighted by molar-refractivity contribution is 6.12. The van der Waals surface area contributed by atoms with Gasteiger partial charge in [0.25, 0.3) is 0 Å². The van der Waals surface area contributed by atoms with Crippen LogP contribution in [0, 0.1) is 12.8 Å². The van der Waals surface area contributed by atoms with Gasteiger partial charge in [-0.2, -0.15) is 0 Å². The lowest BCUT2D eigenvalue weighted by Crippen LogP contribution is -2.31. The van der Waals surface area contributed by atoms with Crippen LogP contribution >= 0.6 is 0 Å². The van der Waals surface area contributed by atoms with Gasteiger partial charge in [-0.25, -0.2) is 0 Å². The number of esters is 1. The van der Waals surface area contributed by atoms with E-state index < -0.39 is 17.5 Å². The normalized spacial score (nSPS) is 18.7. The zero-order chi connectivity index (χ0) is 13.5. The first-order chi connectivity index (χ1) is 8.29. The fraction of sp³-hybridized carbons (Fsp3) is 0.467. The Balaban J connectivity index is 2.24. The van der Waals surface area contributed by atoms with Gasteiger partial charge in [0.1, 0.15) is 11.5 Å². The monoisotopic (exact) mass is 246 g/mol. The van der Waals surface area contributed by atoms with Crippen LogP contribution in [0.3, 0.4) is 0 Å². The van der Waals surface area contributed by atoms with Gasteiger partial charge >= 0.3 is 5.97 Å². The summed E-state index contributed by atoms with van der Waals surface area (Å²) >= 11 is 0. The lowest BCUT2D eigenvalue weighted by Gasteiger charge is -2.21. The molecule has 1 aliphatic rings. The fourth-order valence-corrected chi connectivity index (χ4v) is 2.25. The molecule has 0 radical (unpaired) electrons. The summed E-state index contributed by atoms with van der Waals surface area (Å²) in [4.78, 5) is 24.2. The number of hydrogen-bond donors (Lipinski definition) is 0. The first-order valence-corrected chi connectivity index (χ1v) is 6.15. The van der Waals surface area contributed by atoms with Crippen LogP contribution < -0.4 is 0 Å². The van der Waals surface area contributed by atoms with E-state index >= 15 is 0 Å². The molecule has 96 valence electrons. The molecule has 0 N–H and O–H groups in total. The molecule has 2 rings (SSSR count). The van der Waals surface area contributed by atoms with E-state index in [1.165, 1.54) is 0 Å². The smallest absolute Gasteiger partial charge is 0.317 e. The Labute approximate surface area is 107 Å². The summed E-state index contributed by atoms with van der Waals surface area (Å²) in [6.45, 7) is 7.39. The summed E-state index contributed by atoms with van der Waals surface area (Å²) in [6.07, 6.45) is 0.468. The van der Waals surface area contributed by atoms with Gasteiger partial charge in [0, 0.05) is 5.56 Å². The van der Waals surface area contributed by atoms with E-state index in [0.717, 1.165) is 11.1 Å². The van der Waals surface area contributed by atoms with Crippen molar-refractivity contribution in [1.29, 1.82) is 0 Å². The van der Waals surface area contributed by atoms with Gasteiger partial charge in [-0.15, -0.1) is 0 Å². The molecular formula is C15H18O3. The Bertz CT molecular complexity index is 509. The largest absolute Gasteiger partial charge is 0.459 e. The first-order valence-electron chi connectivity index (χ1n) is 6.15. The highest BCUT2D eigenvalue weighted by Crippen LogP contribution is 2.30. The van der Waals surface area contributed by atoms with Crippen molar-refractivity contribution in [2.24, 2.45) is 5.92 Å². The van der Waals surface area contributed by atoms with Crippen LogP contribution in [-0.2, 0) is 16.0 Å². The van der Waals surface area contributed by atoms with Crippen LogP contribution in [0.15, 0.2) is 18.2 Å². The van der Waals surface area contributed by atoms with Crippen molar-refractivity contribution in [3.8, 4) is 0 Å². The van der Waals surface area contributed by atoms with E-state index in [1.807, 2.05) is 39.8 Å². The van der Waals surface area contributed by atoms with Crippen LogP contribution in [0.5, 0.6) is 0 Å². The zero-order valence-corrected chi connectivity index (χ0v) is 11.2. The Morgan fingerprint density at radius 3 is 2.56 bits per heavy atom. The number of benzene rings is 1. The van der Waals surface area contributed by atoms with E-state index in [0.29, 0.717) is 12.0 Å². The quantitative estimate of drug-likeness (QED) is 0.565. The van der Waals surface area contributed by atoms with Crippen LogP contribution in [0.2, 0.25) is 0 Å². The van der Waals surface area contributed by atoms with Crippen molar-refractivity contribution in [2.75, 3.05) is 0 Å². The van der Waals surface area contributed by atoms with Gasteiger partial charge in [0.05, 0.1) is 0 Å². The number of ether oxygens (including phenoxy) is 1. The number of rotatable bonds is 1. The van der Waals surface area contributed by atoms with Gasteiger partial charge < -0.3 is 4.74 Å². The van der Waals surface area contributed by atoms with Crippen molar-refractivity contribution >= 4 is 11.8 Å². The maximum atomic E-state index is 12.2. The molecule has 0 heterocycles. The molecule has 3 heteroatoms. The second-order valence-electron chi connectivity index (χ2n) is 5.76. The van der Waals surface area contributed by atoms with Gasteiger partial charge in [0.2, 0.25) is 0 Å². The minimum atomic E-state index is -0.666. The van der Waals surface area contributed by atoms with Crippen LogP contribution in [0.4, 0.5) is 0 Å². The highest BCUT2D eigenvalue weighted by atomic mass is 16.6. The molecule has 0 bridgehead atoms. The Hall–Kier alpha value is -1.64. The average molecular weight is 246 g/mol. The molecule has 3 nitrogen and oxygen atoms in total. The Kier molecular flexibility index (Phi) is 3.01. The Morgan fingerprint density at radius 2 is 2.00 bits per heavy atom. The maximum absolute atomic E-state index is 12.2. The maximum Gasteiger partial charge on any atom is 0.317 e. The summed E-state index contributed by atoms with van der Waals surface area (Å²) in [5.74, 6) is -1.19. The number of carbonyl (C=O) groups is 2. The molecule has 1 unspecified atom stereocenters. The average Bonchev–Trinajstić information content (AvgIpc) is 2.56. The number of Topliss-reactive ketones (excluding diaryl/α,β-unsaturated/α-hetero) is 1. The number of aryl methyl sites for hydroxylation is 1. The Morgan fingerprint density at radius 1 is 1.33 bits per heavy atom. The van der Waals surface area contributed by atoms with Crippen molar-refractivity contribution in [3.05, 3.63) is 34.9 Å². The number of fused-ring (bicyclic) bond motifs is 1. The van der Waals surface area contributed by atoms with E-state index in [-0.39, 0.29) is 5.78 Å². The standard InChI is InChI=1S/C15H18O3/c1-9-6-5-7-10-11(9)8-12(13(10)16)14(17)18-15(2,3)4/h5-7,12H,8H2,1-4H3. The van der Waals surface area contributed by atoms with E-state index in [1.54, 1.807) is 6.07 Å². The molecule has 1 aromatic carbocycles. The van der Waals surface area contributed by atoms with Crippen LogP contribution in [0.25, 0.3) is 0 Å². The van der Waals surface area contributed by atoms with Crippen LogP contribution in [-0.4, -0.2) is 17.4 Å². The van der Waals surface area contributed by atoms with Crippen LogP contribution in [0.1, 0.15) is 42.3 Å². The number of carbonyl (C=O) groups excluding carboxylic acids is 2. The summed E-state index contributed by atoms with van der Waals surface area (Å²) in [6, 6.07) is 5.60. The topological polar surface area (TPSA) is 43.4 Å². The predicted octanol–water partition coefficient (Wildman–Crippen LogP) is 2.69. The molecule has 0 fully saturated rings. The van der Waals surface area contributed by atoms with Gasteiger partial charge in [0.15, 0.2) is 5.78 Å². The lowest BCUT2D eigenvalue weighted by atomic mass is 10.0. The van der Waals surface area contributed by atoms with Crippen molar-refractivity contribution < 1.29 is 14.3 Å². The molecule has 0 spiro atoms. The summed E-state index contributed by atoms with van der Waals surface area (Å²) in [7, 11) is 0. The molecule has 1 aliphatic carbocycles. The predicted molar refractivity (Wildman–Crippen MR) is 68.5 cm³/mol. The second kappa shape index (κ2) is 4.23. The van der Waals surface area contributed by atoms with E-state index in [9.17, 15) is 9.59 Å². The fourth-order valence-electron chi connectivity index (χ4n) is 2.25. The first kappa shape index (κ1) is 12.8. The van der Waals surface area contributed by atoms with Gasteiger partial charge in [-0.1, -0.05) is 18.2 Å². The molecule has 1 atom stereocenters. The van der Waals surface area contributed by atoms with Gasteiger partial charge in [-0.3, -0.25) is 9.59 Å². The molecular weight excluding hydrogens is 228 g/mol. The third-order valence-electron chi connectivity index (χ3n) is 3.09. The van der Waals surface area contributed by atoms with E-state index in [2.05, 4.69) is 0 Å². The molecule has 18 heavy (non-hydrogen) atoms. The second-order valence-corrected chi connectivity index (χ2v) is 5.76. The molecule has 1 aromatic rings. The minimum absolute atomic E-state index is 0.108. The van der Waals surface area contributed by atoms with Crippen molar-refractivity contribution in [1.82, 2.24) is 0 Å². The lowest BCUT2D eigenvalue weighted by molar-refractivity contribution is -0.157. The summed E-state index contributed by atoms with van der Waals surface area (Å²) < 4.78 is 5.30. The van der Waals surface area contributed by atoms with Crippen molar-refractivity contribution in [2.45, 2.75) is 39.7 Å².